The van der Waals surface area contributed by atoms with Gasteiger partial charge in [-0.05, 0) is 26.8 Å². The largest absolute Gasteiger partial charge is 0.387 e. The van der Waals surface area contributed by atoms with Gasteiger partial charge in [-0.2, -0.15) is 0 Å². The predicted octanol–water partition coefficient (Wildman–Crippen LogP) is 1.09. The lowest BCUT2D eigenvalue weighted by molar-refractivity contribution is 0.163. The van der Waals surface area contributed by atoms with Gasteiger partial charge in [0.05, 0.1) is 6.10 Å². The van der Waals surface area contributed by atoms with Crippen molar-refractivity contribution in [3.63, 3.8) is 0 Å². The number of β-amino-alcohol motifs (C(OH)–C–C–N with tert-alkyl or cyclic N) is 1. The zero-order chi connectivity index (χ0) is 11.5. The van der Waals surface area contributed by atoms with Crippen molar-refractivity contribution in [2.75, 3.05) is 12.3 Å². The maximum atomic E-state index is 9.83. The number of nitrogens with one attached hydrogen (secondary N) is 1. The summed E-state index contributed by atoms with van der Waals surface area (Å²) < 4.78 is 0. The van der Waals surface area contributed by atoms with Crippen LogP contribution < -0.4 is 11.1 Å². The Labute approximate surface area is 90.5 Å². The van der Waals surface area contributed by atoms with Crippen LogP contribution in [-0.4, -0.2) is 22.2 Å². The van der Waals surface area contributed by atoms with E-state index in [9.17, 15) is 5.11 Å². The first-order valence-corrected chi connectivity index (χ1v) is 5.03. The Morgan fingerprint density at radius 2 is 2.13 bits per heavy atom. The van der Waals surface area contributed by atoms with Crippen molar-refractivity contribution in [2.24, 2.45) is 0 Å². The molecule has 1 atom stereocenters. The fourth-order valence-electron chi connectivity index (χ4n) is 1.13. The van der Waals surface area contributed by atoms with E-state index in [4.69, 9.17) is 5.73 Å². The number of hydrogen-bond acceptors (Lipinski definition) is 4. The number of rotatable bonds is 3. The highest BCUT2D eigenvalue weighted by atomic mass is 16.3. The van der Waals surface area contributed by atoms with Gasteiger partial charge in [0, 0.05) is 23.8 Å². The standard InChI is InChI=1S/C11H19N3O/c1-11(2,3)14-7-9(15)8-4-5-10(12)13-6-8/h4-6,9,14-15H,7H2,1-3H3,(H2,12,13). The smallest absolute Gasteiger partial charge is 0.123 e. The Balaban J connectivity index is 2.54. The summed E-state index contributed by atoms with van der Waals surface area (Å²) in [7, 11) is 0. The summed E-state index contributed by atoms with van der Waals surface area (Å²) in [5, 5.41) is 13.1. The van der Waals surface area contributed by atoms with E-state index in [1.165, 1.54) is 0 Å². The predicted molar refractivity (Wildman–Crippen MR) is 61.4 cm³/mol. The van der Waals surface area contributed by atoms with E-state index in [0.29, 0.717) is 12.4 Å². The highest BCUT2D eigenvalue weighted by Crippen LogP contribution is 2.12. The van der Waals surface area contributed by atoms with Crippen LogP contribution in [0.5, 0.6) is 0 Å². The molecular weight excluding hydrogens is 190 g/mol. The number of nitrogen functional groups attached to an aromatic ring is 1. The summed E-state index contributed by atoms with van der Waals surface area (Å²) in [6.45, 7) is 6.68. The normalized spacial score (nSPS) is 13.9. The van der Waals surface area contributed by atoms with Gasteiger partial charge in [0.15, 0.2) is 0 Å². The van der Waals surface area contributed by atoms with Gasteiger partial charge in [-0.3, -0.25) is 0 Å². The molecule has 1 aromatic heterocycles. The highest BCUT2D eigenvalue weighted by Gasteiger charge is 2.13. The monoisotopic (exact) mass is 209 g/mol. The van der Waals surface area contributed by atoms with Gasteiger partial charge < -0.3 is 16.2 Å². The fourth-order valence-corrected chi connectivity index (χ4v) is 1.13. The van der Waals surface area contributed by atoms with Gasteiger partial charge >= 0.3 is 0 Å². The molecule has 4 heteroatoms. The molecule has 1 heterocycles. The highest BCUT2D eigenvalue weighted by molar-refractivity contribution is 5.30. The van der Waals surface area contributed by atoms with Gasteiger partial charge in [-0.15, -0.1) is 0 Å². The second kappa shape index (κ2) is 4.59. The molecule has 0 aliphatic carbocycles. The van der Waals surface area contributed by atoms with E-state index in [-0.39, 0.29) is 5.54 Å². The summed E-state index contributed by atoms with van der Waals surface area (Å²) in [6.07, 6.45) is 1.06. The first-order valence-electron chi connectivity index (χ1n) is 5.03. The molecule has 1 unspecified atom stereocenters. The minimum Gasteiger partial charge on any atom is -0.387 e. The van der Waals surface area contributed by atoms with Gasteiger partial charge in [0.25, 0.3) is 0 Å². The minimum absolute atomic E-state index is 0.00220. The molecule has 15 heavy (non-hydrogen) atoms. The summed E-state index contributed by atoms with van der Waals surface area (Å²) in [4.78, 5) is 3.93. The molecule has 0 amide bonds. The Morgan fingerprint density at radius 3 is 2.60 bits per heavy atom. The second-order valence-corrected chi connectivity index (χ2v) is 4.66. The number of hydrogen-bond donors (Lipinski definition) is 3. The van der Waals surface area contributed by atoms with Crippen molar-refractivity contribution in [3.05, 3.63) is 23.9 Å². The molecule has 0 radical (unpaired) electrons. The molecule has 0 fully saturated rings. The lowest BCUT2D eigenvalue weighted by atomic mass is 10.1. The third kappa shape index (κ3) is 4.27. The van der Waals surface area contributed by atoms with E-state index in [0.717, 1.165) is 5.56 Å². The van der Waals surface area contributed by atoms with Crippen LogP contribution in [-0.2, 0) is 0 Å². The van der Waals surface area contributed by atoms with Crippen LogP contribution in [0.2, 0.25) is 0 Å². The van der Waals surface area contributed by atoms with Crippen molar-refractivity contribution in [1.82, 2.24) is 10.3 Å². The van der Waals surface area contributed by atoms with E-state index in [1.54, 1.807) is 18.3 Å². The van der Waals surface area contributed by atoms with Gasteiger partial charge in [-0.25, -0.2) is 4.98 Å². The third-order valence-electron chi connectivity index (χ3n) is 2.02. The van der Waals surface area contributed by atoms with Crippen LogP contribution >= 0.6 is 0 Å². The summed E-state index contributed by atoms with van der Waals surface area (Å²) >= 11 is 0. The van der Waals surface area contributed by atoms with E-state index in [1.807, 2.05) is 0 Å². The van der Waals surface area contributed by atoms with Crippen LogP contribution in [0, 0.1) is 0 Å². The molecule has 4 N–H and O–H groups in total. The molecular formula is C11H19N3O. The molecule has 84 valence electrons. The Hall–Kier alpha value is -1.13. The zero-order valence-corrected chi connectivity index (χ0v) is 9.49. The first-order chi connectivity index (χ1) is 6.88. The van der Waals surface area contributed by atoms with E-state index in [2.05, 4.69) is 31.1 Å². The quantitative estimate of drug-likeness (QED) is 0.696. The van der Waals surface area contributed by atoms with Gasteiger partial charge in [-0.1, -0.05) is 6.07 Å². The van der Waals surface area contributed by atoms with Crippen LogP contribution in [0.15, 0.2) is 18.3 Å². The molecule has 0 spiro atoms. The van der Waals surface area contributed by atoms with Gasteiger partial charge in [0.1, 0.15) is 5.82 Å². The lowest BCUT2D eigenvalue weighted by Crippen LogP contribution is -2.38. The average Bonchev–Trinajstić information content (AvgIpc) is 2.14. The first kappa shape index (κ1) is 11.9. The van der Waals surface area contributed by atoms with Crippen LogP contribution in [0.25, 0.3) is 0 Å². The number of pyridine rings is 1. The molecule has 0 saturated carbocycles. The average molecular weight is 209 g/mol. The molecule has 4 nitrogen and oxygen atoms in total. The molecule has 0 aromatic carbocycles. The maximum Gasteiger partial charge on any atom is 0.123 e. The van der Waals surface area contributed by atoms with Crippen molar-refractivity contribution < 1.29 is 5.11 Å². The number of anilines is 1. The Bertz CT molecular complexity index is 303. The number of aliphatic hydroxyl groups is 1. The Morgan fingerprint density at radius 1 is 1.47 bits per heavy atom. The topological polar surface area (TPSA) is 71.2 Å². The molecule has 0 aliphatic heterocycles. The number of nitrogens with two attached hydrogens (primary N) is 1. The molecule has 1 aromatic rings. The number of nitrogens with zero attached hydrogens (tertiary/aromatic N) is 1. The summed E-state index contributed by atoms with van der Waals surface area (Å²) in [6, 6.07) is 3.48. The van der Waals surface area contributed by atoms with E-state index < -0.39 is 6.10 Å². The SMILES string of the molecule is CC(C)(C)NCC(O)c1ccc(N)nc1. The molecule has 0 bridgehead atoms. The summed E-state index contributed by atoms with van der Waals surface area (Å²) in [5.41, 5.74) is 6.24. The Kier molecular flexibility index (Phi) is 3.66. The van der Waals surface area contributed by atoms with Crippen LogP contribution in [0.1, 0.15) is 32.4 Å². The van der Waals surface area contributed by atoms with Crippen molar-refractivity contribution in [3.8, 4) is 0 Å². The van der Waals surface area contributed by atoms with Crippen molar-refractivity contribution in [2.45, 2.75) is 32.4 Å². The van der Waals surface area contributed by atoms with E-state index >= 15 is 0 Å². The summed E-state index contributed by atoms with van der Waals surface area (Å²) in [5.74, 6) is 0.467. The van der Waals surface area contributed by atoms with Crippen molar-refractivity contribution in [1.29, 1.82) is 0 Å². The minimum atomic E-state index is -0.544. The van der Waals surface area contributed by atoms with Crippen LogP contribution in [0.4, 0.5) is 5.82 Å². The van der Waals surface area contributed by atoms with Crippen LogP contribution in [0.3, 0.4) is 0 Å². The third-order valence-corrected chi connectivity index (χ3v) is 2.02. The lowest BCUT2D eigenvalue weighted by Gasteiger charge is -2.22. The number of aliphatic hydroxyl groups excluding tert-OH is 1. The second-order valence-electron chi connectivity index (χ2n) is 4.66. The molecule has 0 aliphatic rings. The zero-order valence-electron chi connectivity index (χ0n) is 9.49. The fraction of sp³-hybridized carbons (Fsp3) is 0.545. The maximum absolute atomic E-state index is 9.83. The molecule has 0 saturated heterocycles. The molecule has 1 rings (SSSR count). The van der Waals surface area contributed by atoms with Crippen molar-refractivity contribution >= 4 is 5.82 Å². The number of aromatic nitrogens is 1. The van der Waals surface area contributed by atoms with Gasteiger partial charge in [0.2, 0.25) is 0 Å².